The van der Waals surface area contributed by atoms with Crippen LogP contribution in [0.25, 0.3) is 22.5 Å². The molecule has 0 radical (unpaired) electrons. The highest BCUT2D eigenvalue weighted by Crippen LogP contribution is 2.51. The molecule has 3 aromatic carbocycles. The molecule has 0 saturated heterocycles. The van der Waals surface area contributed by atoms with Gasteiger partial charge in [0.1, 0.15) is 11.4 Å². The summed E-state index contributed by atoms with van der Waals surface area (Å²) in [5.74, 6) is 0.634. The molecule has 1 heterocycles. The Morgan fingerprint density at radius 1 is 1.03 bits per heavy atom. The Balaban J connectivity index is 1.25. The Morgan fingerprint density at radius 2 is 1.67 bits per heavy atom. The average Bonchev–Trinajstić information content (AvgIpc) is 3.64. The molecule has 0 aliphatic heterocycles. The van der Waals surface area contributed by atoms with Gasteiger partial charge in [-0.3, -0.25) is 4.79 Å². The highest BCUT2D eigenvalue weighted by Gasteiger charge is 2.46. The molecule has 6 heteroatoms. The van der Waals surface area contributed by atoms with Crippen LogP contribution in [0.3, 0.4) is 0 Å². The summed E-state index contributed by atoms with van der Waals surface area (Å²) in [7, 11) is 0. The molecule has 0 spiro atoms. The van der Waals surface area contributed by atoms with Crippen molar-refractivity contribution >= 4 is 23.3 Å². The van der Waals surface area contributed by atoms with Crippen molar-refractivity contribution in [2.45, 2.75) is 64.3 Å². The molecule has 1 aliphatic rings. The summed E-state index contributed by atoms with van der Waals surface area (Å²) in [6.07, 6.45) is 4.35. The van der Waals surface area contributed by atoms with Gasteiger partial charge >= 0.3 is 5.97 Å². The van der Waals surface area contributed by atoms with Crippen LogP contribution in [0.2, 0.25) is 5.02 Å². The number of hydrogen-bond acceptors (Lipinski definition) is 5. The van der Waals surface area contributed by atoms with Crippen LogP contribution in [0.5, 0.6) is 0 Å². The topological polar surface area (TPSA) is 64.4 Å². The van der Waals surface area contributed by atoms with Gasteiger partial charge in [0.25, 0.3) is 0 Å². The highest BCUT2D eigenvalue weighted by atomic mass is 35.5. The van der Waals surface area contributed by atoms with Gasteiger partial charge in [-0.15, -0.1) is 0 Å². The Kier molecular flexibility index (Phi) is 8.08. The average molecular weight is 543 g/mol. The molecule has 1 aliphatic carbocycles. The molecule has 1 N–H and O–H groups in total. The van der Waals surface area contributed by atoms with Gasteiger partial charge in [0.05, 0.1) is 13.0 Å². The Morgan fingerprint density at radius 3 is 2.31 bits per heavy atom. The van der Waals surface area contributed by atoms with Crippen molar-refractivity contribution in [2.24, 2.45) is 0 Å². The summed E-state index contributed by atoms with van der Waals surface area (Å²) in [6.45, 7) is 6.40. The number of aromatic nitrogens is 1. The van der Waals surface area contributed by atoms with Gasteiger partial charge in [-0.05, 0) is 74.8 Å². The number of carbonyl (C=O) groups excluding carboxylic acids is 1. The number of carbonyl (C=O) groups is 1. The van der Waals surface area contributed by atoms with Crippen molar-refractivity contribution in [1.29, 1.82) is 0 Å². The zero-order valence-corrected chi connectivity index (χ0v) is 23.6. The van der Waals surface area contributed by atoms with E-state index < -0.39 is 0 Å². The maximum atomic E-state index is 12.1. The molecule has 1 aromatic heterocycles. The number of rotatable bonds is 11. The Bertz CT molecular complexity index is 1420. The number of benzene rings is 3. The molecule has 1 unspecified atom stereocenters. The van der Waals surface area contributed by atoms with E-state index in [0.29, 0.717) is 13.0 Å². The summed E-state index contributed by atoms with van der Waals surface area (Å²) in [6, 6.07) is 25.2. The van der Waals surface area contributed by atoms with Crippen molar-refractivity contribution in [2.75, 3.05) is 11.9 Å². The third kappa shape index (κ3) is 6.20. The lowest BCUT2D eigenvalue weighted by atomic mass is 9.91. The van der Waals surface area contributed by atoms with E-state index >= 15 is 0 Å². The quantitative estimate of drug-likeness (QED) is 0.193. The van der Waals surface area contributed by atoms with Crippen molar-refractivity contribution in [3.8, 4) is 22.5 Å². The molecule has 5 rings (SSSR count). The first-order chi connectivity index (χ1) is 18.9. The maximum Gasteiger partial charge on any atom is 0.306 e. The first kappa shape index (κ1) is 27.0. The minimum absolute atomic E-state index is 0.0489. The number of hydrogen-bond donors (Lipinski definition) is 1. The van der Waals surface area contributed by atoms with Gasteiger partial charge in [-0.25, -0.2) is 0 Å². The molecule has 39 heavy (non-hydrogen) atoms. The van der Waals surface area contributed by atoms with Crippen LogP contribution < -0.4 is 5.32 Å². The van der Waals surface area contributed by atoms with Crippen LogP contribution in [0.15, 0.2) is 77.3 Å². The smallest absolute Gasteiger partial charge is 0.306 e. The molecule has 0 amide bonds. The van der Waals surface area contributed by atoms with E-state index in [4.69, 9.17) is 20.9 Å². The van der Waals surface area contributed by atoms with E-state index in [1.54, 1.807) is 0 Å². The fraction of sp³-hybridized carbons (Fsp3) is 0.333. The summed E-state index contributed by atoms with van der Waals surface area (Å²) in [4.78, 5) is 12.1. The number of halogens is 1. The first-order valence-corrected chi connectivity index (χ1v) is 14.1. The van der Waals surface area contributed by atoms with E-state index in [9.17, 15) is 4.79 Å². The Hall–Kier alpha value is -3.57. The van der Waals surface area contributed by atoms with Crippen molar-refractivity contribution in [3.63, 3.8) is 0 Å². The SMILES string of the molecule is CCOC(=O)CC1(c2ccc(-c3ccc(-c4onc(C)c4NC(C)CCc4ccccc4Cl)cc3)cc2)CC1. The molecular formula is C33H35ClN2O3. The van der Waals surface area contributed by atoms with E-state index in [2.05, 4.69) is 72.0 Å². The second kappa shape index (κ2) is 11.7. The maximum absolute atomic E-state index is 12.1. The minimum atomic E-state index is -0.110. The summed E-state index contributed by atoms with van der Waals surface area (Å²) < 4.78 is 10.9. The van der Waals surface area contributed by atoms with E-state index in [1.807, 2.05) is 32.0 Å². The zero-order valence-electron chi connectivity index (χ0n) is 22.8. The van der Waals surface area contributed by atoms with E-state index in [-0.39, 0.29) is 17.4 Å². The van der Waals surface area contributed by atoms with Gasteiger partial charge in [0, 0.05) is 22.0 Å². The standard InChI is InChI=1S/C33H35ClN2O3/c1-4-38-30(37)21-33(19-20-33)28-17-15-25(16-18-28)24-11-13-27(14-12-24)32-31(23(3)36-39-32)35-22(2)9-10-26-7-5-6-8-29(26)34/h5-8,11-18,22,35H,4,9-10,19-21H2,1-3H3. The molecule has 4 aromatic rings. The number of aryl methyl sites for hydroxylation is 2. The Labute approximate surface area is 235 Å². The van der Waals surface area contributed by atoms with Gasteiger partial charge in [0.2, 0.25) is 0 Å². The van der Waals surface area contributed by atoms with Crippen LogP contribution in [0.1, 0.15) is 56.4 Å². The zero-order chi connectivity index (χ0) is 27.4. The van der Waals surface area contributed by atoms with E-state index in [0.717, 1.165) is 70.1 Å². The predicted molar refractivity (Wildman–Crippen MR) is 157 cm³/mol. The van der Waals surface area contributed by atoms with Gasteiger partial charge < -0.3 is 14.6 Å². The van der Waals surface area contributed by atoms with Crippen molar-refractivity contribution < 1.29 is 14.1 Å². The predicted octanol–water partition coefficient (Wildman–Crippen LogP) is 8.39. The van der Waals surface area contributed by atoms with Gasteiger partial charge in [0.15, 0.2) is 5.76 Å². The molecule has 1 atom stereocenters. The highest BCUT2D eigenvalue weighted by molar-refractivity contribution is 6.31. The van der Waals surface area contributed by atoms with Crippen LogP contribution >= 0.6 is 11.6 Å². The molecule has 0 bridgehead atoms. The number of anilines is 1. The monoisotopic (exact) mass is 542 g/mol. The second-order valence-corrected chi connectivity index (χ2v) is 11.0. The molecule has 202 valence electrons. The van der Waals surface area contributed by atoms with Gasteiger partial charge in [-0.1, -0.05) is 83.5 Å². The molecular weight excluding hydrogens is 508 g/mol. The third-order valence-corrected chi connectivity index (χ3v) is 8.05. The fourth-order valence-corrected chi connectivity index (χ4v) is 5.40. The largest absolute Gasteiger partial charge is 0.466 e. The number of ether oxygens (including phenoxy) is 1. The van der Waals surface area contributed by atoms with Crippen LogP contribution in [-0.4, -0.2) is 23.8 Å². The number of esters is 1. The summed E-state index contributed by atoms with van der Waals surface area (Å²) >= 11 is 6.33. The van der Waals surface area contributed by atoms with E-state index in [1.165, 1.54) is 5.56 Å². The van der Waals surface area contributed by atoms with Crippen LogP contribution in [-0.2, 0) is 21.4 Å². The normalized spacial score (nSPS) is 14.6. The molecule has 1 fully saturated rings. The third-order valence-electron chi connectivity index (χ3n) is 7.68. The summed E-state index contributed by atoms with van der Waals surface area (Å²) in [5, 5.41) is 8.66. The molecule has 5 nitrogen and oxygen atoms in total. The van der Waals surface area contributed by atoms with Crippen LogP contribution in [0.4, 0.5) is 5.69 Å². The first-order valence-electron chi connectivity index (χ1n) is 13.7. The summed E-state index contributed by atoms with van der Waals surface area (Å²) in [5.41, 5.74) is 7.32. The minimum Gasteiger partial charge on any atom is -0.466 e. The number of nitrogens with zero attached hydrogens (tertiary/aromatic N) is 1. The van der Waals surface area contributed by atoms with Crippen LogP contribution in [0, 0.1) is 6.92 Å². The van der Waals surface area contributed by atoms with Gasteiger partial charge in [-0.2, -0.15) is 0 Å². The lowest BCUT2D eigenvalue weighted by Crippen LogP contribution is -2.16. The van der Waals surface area contributed by atoms with Crippen molar-refractivity contribution in [1.82, 2.24) is 5.16 Å². The second-order valence-electron chi connectivity index (χ2n) is 10.6. The number of nitrogens with one attached hydrogen (secondary N) is 1. The fourth-order valence-electron chi connectivity index (χ4n) is 5.17. The molecule has 1 saturated carbocycles. The lowest BCUT2D eigenvalue weighted by Gasteiger charge is -2.16. The lowest BCUT2D eigenvalue weighted by molar-refractivity contribution is -0.143. The van der Waals surface area contributed by atoms with Crippen molar-refractivity contribution in [3.05, 3.63) is 94.6 Å².